The van der Waals surface area contributed by atoms with E-state index in [1.165, 1.54) is 49.5 Å². The number of allylic oxidation sites excluding steroid dienone is 1. The van der Waals surface area contributed by atoms with Crippen molar-refractivity contribution >= 4 is 17.7 Å². The summed E-state index contributed by atoms with van der Waals surface area (Å²) in [5.41, 5.74) is -0.345. The van der Waals surface area contributed by atoms with E-state index in [4.69, 9.17) is 19.2 Å². The Morgan fingerprint density at radius 2 is 1.92 bits per heavy atom. The number of hydrogen-bond acceptors (Lipinski definition) is 8. The molecule has 1 saturated heterocycles. The molecular weight excluding hydrogens is 478 g/mol. The molecule has 3 rings (SSSR count). The molecule has 0 radical (unpaired) electrons. The number of ether oxygens (including phenoxy) is 2. The van der Waals surface area contributed by atoms with Crippen molar-refractivity contribution in [3.05, 3.63) is 69.3 Å². The van der Waals surface area contributed by atoms with Gasteiger partial charge in [0.1, 0.15) is 17.4 Å². The average Bonchev–Trinajstić information content (AvgIpc) is 3.32. The first-order valence-corrected chi connectivity index (χ1v) is 11.9. The molecule has 1 aliphatic heterocycles. The van der Waals surface area contributed by atoms with Crippen LogP contribution in [0.5, 0.6) is 11.5 Å². The molecular formula is C27H29N3O7. The van der Waals surface area contributed by atoms with E-state index in [9.17, 15) is 19.2 Å². The van der Waals surface area contributed by atoms with Gasteiger partial charge >= 0.3 is 5.63 Å². The third-order valence-electron chi connectivity index (χ3n) is 6.06. The molecule has 2 heterocycles. The summed E-state index contributed by atoms with van der Waals surface area (Å²) < 4.78 is 15.7. The van der Waals surface area contributed by atoms with Gasteiger partial charge in [-0.3, -0.25) is 19.7 Å². The first-order chi connectivity index (χ1) is 17.8. The van der Waals surface area contributed by atoms with Crippen LogP contribution in [0.25, 0.3) is 0 Å². The number of amides is 3. The Hall–Kier alpha value is -4.39. The number of hydrogen-bond donors (Lipinski definition) is 1. The number of unbranched alkanes of at least 4 members (excludes halogenated alkanes) is 2. The lowest BCUT2D eigenvalue weighted by atomic mass is 10.1. The molecule has 3 amide bonds. The van der Waals surface area contributed by atoms with Crippen molar-refractivity contribution in [1.29, 1.82) is 5.26 Å². The van der Waals surface area contributed by atoms with E-state index in [1.807, 2.05) is 6.07 Å². The highest BCUT2D eigenvalue weighted by Gasteiger charge is 2.38. The zero-order valence-corrected chi connectivity index (χ0v) is 21.0. The van der Waals surface area contributed by atoms with Crippen molar-refractivity contribution in [1.82, 2.24) is 10.2 Å². The predicted octanol–water partition coefficient (Wildman–Crippen LogP) is 3.01. The number of rotatable bonds is 9. The quantitative estimate of drug-likeness (QED) is 0.310. The van der Waals surface area contributed by atoms with Crippen molar-refractivity contribution < 1.29 is 28.3 Å². The van der Waals surface area contributed by atoms with E-state index >= 15 is 0 Å². The third-order valence-corrected chi connectivity index (χ3v) is 6.06. The summed E-state index contributed by atoms with van der Waals surface area (Å²) in [7, 11) is 2.88. The predicted molar refractivity (Wildman–Crippen MR) is 133 cm³/mol. The molecule has 1 aliphatic rings. The first kappa shape index (κ1) is 27.2. The van der Waals surface area contributed by atoms with E-state index in [0.717, 1.165) is 19.3 Å². The van der Waals surface area contributed by atoms with Crippen LogP contribution in [0.1, 0.15) is 59.1 Å². The Bertz CT molecular complexity index is 1310. The van der Waals surface area contributed by atoms with Crippen molar-refractivity contribution in [3.63, 3.8) is 0 Å². The monoisotopic (exact) mass is 507 g/mol. The van der Waals surface area contributed by atoms with Crippen LogP contribution in [0, 0.1) is 11.3 Å². The second-order valence-corrected chi connectivity index (χ2v) is 8.53. The Balaban J connectivity index is 1.81. The van der Waals surface area contributed by atoms with Crippen LogP contribution in [0.15, 0.2) is 51.2 Å². The Morgan fingerprint density at radius 3 is 2.57 bits per heavy atom. The molecule has 2 aromatic rings. The second-order valence-electron chi connectivity index (χ2n) is 8.53. The molecule has 37 heavy (non-hydrogen) atoms. The van der Waals surface area contributed by atoms with Gasteiger partial charge in [-0.2, -0.15) is 5.26 Å². The van der Waals surface area contributed by atoms with Gasteiger partial charge in [0.15, 0.2) is 11.5 Å². The van der Waals surface area contributed by atoms with Crippen molar-refractivity contribution in [2.75, 3.05) is 20.8 Å². The van der Waals surface area contributed by atoms with Crippen molar-refractivity contribution in [3.8, 4) is 17.6 Å². The van der Waals surface area contributed by atoms with E-state index < -0.39 is 29.4 Å². The number of nitrogens with zero attached hydrogens (tertiary/aromatic N) is 2. The normalized spacial score (nSPS) is 15.8. The maximum Gasteiger partial charge on any atom is 0.348 e. The molecule has 10 nitrogen and oxygen atoms in total. The number of aryl methyl sites for hydroxylation is 1. The van der Waals surface area contributed by atoms with Gasteiger partial charge in [0.25, 0.3) is 11.8 Å². The van der Waals surface area contributed by atoms with Gasteiger partial charge in [0, 0.05) is 31.0 Å². The van der Waals surface area contributed by atoms with E-state index in [0.29, 0.717) is 29.3 Å². The average molecular weight is 508 g/mol. The summed E-state index contributed by atoms with van der Waals surface area (Å²) in [5, 5.41) is 11.4. The van der Waals surface area contributed by atoms with Gasteiger partial charge in [-0.05, 0) is 42.3 Å². The largest absolute Gasteiger partial charge is 0.493 e. The van der Waals surface area contributed by atoms with Crippen LogP contribution in [0.2, 0.25) is 0 Å². The number of imide groups is 1. The van der Waals surface area contributed by atoms with Crippen molar-refractivity contribution in [2.24, 2.45) is 0 Å². The second kappa shape index (κ2) is 12.5. The van der Waals surface area contributed by atoms with Crippen LogP contribution in [0.4, 0.5) is 0 Å². The van der Waals surface area contributed by atoms with Crippen LogP contribution >= 0.6 is 0 Å². The molecule has 1 N–H and O–H groups in total. The Labute approximate surface area is 214 Å². The number of likely N-dealkylation sites (tertiary alicyclic amines) is 1. The molecule has 0 unspecified atom stereocenters. The number of carbonyl (C=O) groups is 3. The van der Waals surface area contributed by atoms with E-state index in [1.54, 1.807) is 6.07 Å². The maximum absolute atomic E-state index is 13.3. The summed E-state index contributed by atoms with van der Waals surface area (Å²) in [4.78, 5) is 52.9. The van der Waals surface area contributed by atoms with Crippen LogP contribution in [0.3, 0.4) is 0 Å². The molecule has 0 spiro atoms. The molecule has 1 aromatic carbocycles. The van der Waals surface area contributed by atoms with Gasteiger partial charge in [0.05, 0.1) is 20.3 Å². The topological polar surface area (TPSA) is 139 Å². The fourth-order valence-corrected chi connectivity index (χ4v) is 4.09. The van der Waals surface area contributed by atoms with E-state index in [-0.39, 0.29) is 24.1 Å². The van der Waals surface area contributed by atoms with E-state index in [2.05, 4.69) is 12.2 Å². The SMILES string of the molecule is CCCCCc1ccc(C(=O)N2CC(=CC#N)C[C@H]2C(=O)NC(=O)c2ccc(OC)c(OC)c2)c(=O)o1. The molecule has 1 atom stereocenters. The zero-order valence-electron chi connectivity index (χ0n) is 21.0. The first-order valence-electron chi connectivity index (χ1n) is 11.9. The summed E-state index contributed by atoms with van der Waals surface area (Å²) in [5.74, 6) is -0.948. The number of carbonyl (C=O) groups excluding carboxylic acids is 3. The summed E-state index contributed by atoms with van der Waals surface area (Å²) in [6, 6.07) is 8.20. The third kappa shape index (κ3) is 6.44. The minimum atomic E-state index is -1.10. The summed E-state index contributed by atoms with van der Waals surface area (Å²) in [6.45, 7) is 2.03. The molecule has 10 heteroatoms. The maximum atomic E-state index is 13.3. The van der Waals surface area contributed by atoms with Gasteiger partial charge in [-0.1, -0.05) is 19.8 Å². The minimum absolute atomic E-state index is 0.0350. The molecule has 0 bridgehead atoms. The fourth-order valence-electron chi connectivity index (χ4n) is 4.09. The molecule has 1 fully saturated rings. The number of nitriles is 1. The lowest BCUT2D eigenvalue weighted by molar-refractivity contribution is -0.123. The van der Waals surface area contributed by atoms with Gasteiger partial charge in [-0.25, -0.2) is 4.79 Å². The number of benzene rings is 1. The number of methoxy groups -OCH3 is 2. The molecule has 1 aromatic heterocycles. The van der Waals surface area contributed by atoms with Crippen LogP contribution < -0.4 is 20.4 Å². The number of nitrogens with one attached hydrogen (secondary N) is 1. The highest BCUT2D eigenvalue weighted by atomic mass is 16.5. The Kier molecular flexibility index (Phi) is 9.21. The Morgan fingerprint density at radius 1 is 1.16 bits per heavy atom. The van der Waals surface area contributed by atoms with Gasteiger partial charge < -0.3 is 18.8 Å². The van der Waals surface area contributed by atoms with Gasteiger partial charge in [-0.15, -0.1) is 0 Å². The molecule has 0 saturated carbocycles. The van der Waals surface area contributed by atoms with Crippen molar-refractivity contribution in [2.45, 2.75) is 45.1 Å². The lowest BCUT2D eigenvalue weighted by Gasteiger charge is -2.23. The summed E-state index contributed by atoms with van der Waals surface area (Å²) in [6.07, 6.45) is 4.75. The highest BCUT2D eigenvalue weighted by molar-refractivity contribution is 6.08. The summed E-state index contributed by atoms with van der Waals surface area (Å²) >= 11 is 0. The van der Waals surface area contributed by atoms with Crippen LogP contribution in [-0.4, -0.2) is 49.4 Å². The molecule has 194 valence electrons. The highest BCUT2D eigenvalue weighted by Crippen LogP contribution is 2.28. The van der Waals surface area contributed by atoms with Crippen LogP contribution in [-0.2, 0) is 11.2 Å². The minimum Gasteiger partial charge on any atom is -0.493 e. The fraction of sp³-hybridized carbons (Fsp3) is 0.370. The zero-order chi connectivity index (χ0) is 26.9. The standard InChI is InChI=1S/C27H29N3O7/c1-4-5-6-7-19-9-10-20(27(34)37-19)26(33)30-16-17(12-13-28)14-21(30)25(32)29-24(31)18-8-11-22(35-2)23(15-18)36-3/h8-12,15,21H,4-7,14,16H2,1-3H3,(H,29,31,32)/t21-/m0/s1. The lowest BCUT2D eigenvalue weighted by Crippen LogP contribution is -2.48. The smallest absolute Gasteiger partial charge is 0.348 e. The molecule has 0 aliphatic carbocycles. The van der Waals surface area contributed by atoms with Gasteiger partial charge in [0.2, 0.25) is 5.91 Å².